The Morgan fingerprint density at radius 3 is 1.88 bits per heavy atom. The number of nitrogens with two attached hydrogens (primary N) is 3. The molecule has 24 heavy (non-hydrogen) atoms. The molecule has 0 saturated carbocycles. The highest BCUT2D eigenvalue weighted by molar-refractivity contribution is 5.93. The number of rotatable bonds is 11. The van der Waals surface area contributed by atoms with Gasteiger partial charge in [0.15, 0.2) is 0 Å². The number of nitrogens with one attached hydrogen (secondary N) is 2. The van der Waals surface area contributed by atoms with Crippen molar-refractivity contribution in [2.45, 2.75) is 37.4 Å². The molecule has 0 unspecified atom stereocenters. The Morgan fingerprint density at radius 1 is 0.917 bits per heavy atom. The molecule has 0 aromatic heterocycles. The van der Waals surface area contributed by atoms with Crippen LogP contribution in [0.25, 0.3) is 0 Å². The van der Waals surface area contributed by atoms with Gasteiger partial charge < -0.3 is 38.0 Å². The average Bonchev–Trinajstić information content (AvgIpc) is 2.48. The third-order valence-corrected chi connectivity index (χ3v) is 2.87. The van der Waals surface area contributed by atoms with Crippen LogP contribution in [0.5, 0.6) is 0 Å². The van der Waals surface area contributed by atoms with Gasteiger partial charge in [0, 0.05) is 6.42 Å². The van der Waals surface area contributed by atoms with Crippen LogP contribution >= 0.6 is 0 Å². The summed E-state index contributed by atoms with van der Waals surface area (Å²) in [7, 11) is 0. The Kier molecular flexibility index (Phi) is 8.97. The number of carboxylic acids is 1. The fraction of sp³-hybridized carbons (Fsp3) is 0.583. The molecule has 0 aliphatic rings. The van der Waals surface area contributed by atoms with Crippen LogP contribution in [0, 0.1) is 0 Å². The largest absolute Gasteiger partial charge is 0.480 e. The summed E-state index contributed by atoms with van der Waals surface area (Å²) in [6, 6.07) is -4.25. The van der Waals surface area contributed by atoms with Gasteiger partial charge in [0.25, 0.3) is 0 Å². The number of aliphatic hydroxyl groups excluding tert-OH is 1. The summed E-state index contributed by atoms with van der Waals surface area (Å²) in [4.78, 5) is 56.4. The van der Waals surface area contributed by atoms with E-state index in [1.54, 1.807) is 0 Å². The molecule has 3 atom stereocenters. The first-order valence-electron chi connectivity index (χ1n) is 6.85. The van der Waals surface area contributed by atoms with E-state index in [1.807, 2.05) is 5.32 Å². The van der Waals surface area contributed by atoms with E-state index in [0.717, 1.165) is 0 Å². The van der Waals surface area contributed by atoms with Crippen molar-refractivity contribution in [3.05, 3.63) is 0 Å². The van der Waals surface area contributed by atoms with Gasteiger partial charge in [-0.05, 0) is 6.42 Å². The molecule has 10 N–H and O–H groups in total. The molecule has 0 fully saturated rings. The van der Waals surface area contributed by atoms with Gasteiger partial charge in [0.1, 0.15) is 18.1 Å². The van der Waals surface area contributed by atoms with Gasteiger partial charge in [-0.15, -0.1) is 0 Å². The Morgan fingerprint density at radius 2 is 1.46 bits per heavy atom. The average molecular weight is 347 g/mol. The molecule has 0 radical (unpaired) electrons. The minimum atomic E-state index is -1.60. The summed E-state index contributed by atoms with van der Waals surface area (Å²) in [5.41, 5.74) is 15.2. The molecular formula is C12H21N5O7. The van der Waals surface area contributed by atoms with Gasteiger partial charge in [0.2, 0.25) is 23.6 Å². The van der Waals surface area contributed by atoms with Gasteiger partial charge in [0.05, 0.1) is 13.0 Å². The number of carboxylic acid groups (broad SMARTS) is 1. The normalized spacial score (nSPS) is 14.1. The lowest BCUT2D eigenvalue weighted by molar-refractivity contribution is -0.143. The Labute approximate surface area is 136 Å². The van der Waals surface area contributed by atoms with E-state index in [2.05, 4.69) is 5.32 Å². The minimum absolute atomic E-state index is 0.228. The van der Waals surface area contributed by atoms with Crippen molar-refractivity contribution in [2.24, 2.45) is 17.2 Å². The van der Waals surface area contributed by atoms with Crippen molar-refractivity contribution in [2.75, 3.05) is 6.61 Å². The maximum Gasteiger partial charge on any atom is 0.326 e. The number of primary amides is 2. The highest BCUT2D eigenvalue weighted by atomic mass is 16.4. The van der Waals surface area contributed by atoms with Crippen molar-refractivity contribution < 1.29 is 34.2 Å². The zero-order chi connectivity index (χ0) is 18.9. The molecule has 0 aromatic rings. The number of carbonyl (C=O) groups is 5. The highest BCUT2D eigenvalue weighted by Gasteiger charge is 2.28. The van der Waals surface area contributed by atoms with E-state index < -0.39 is 60.8 Å². The monoisotopic (exact) mass is 347 g/mol. The molecule has 12 heteroatoms. The summed E-state index contributed by atoms with van der Waals surface area (Å²) in [5, 5.41) is 21.9. The second-order valence-corrected chi connectivity index (χ2v) is 4.93. The van der Waals surface area contributed by atoms with Crippen LogP contribution in [0.1, 0.15) is 19.3 Å². The van der Waals surface area contributed by atoms with Gasteiger partial charge in [-0.3, -0.25) is 19.2 Å². The standard InChI is InChI=1S/C12H21N5O7/c13-5(4-18)10(21)16-6(1-2-8(14)19)11(22)17-7(12(23)24)3-9(15)20/h5-7,18H,1-4,13H2,(H2,14,19)(H2,15,20)(H,16,21)(H,17,22)(H,23,24)/t5-,6-,7-/m0/s1. The molecular weight excluding hydrogens is 326 g/mol. The van der Waals surface area contributed by atoms with E-state index >= 15 is 0 Å². The minimum Gasteiger partial charge on any atom is -0.480 e. The lowest BCUT2D eigenvalue weighted by atomic mass is 10.1. The maximum absolute atomic E-state index is 12.1. The third kappa shape index (κ3) is 8.05. The number of carbonyl (C=O) groups excluding carboxylic acids is 4. The molecule has 0 heterocycles. The topological polar surface area (TPSA) is 228 Å². The molecule has 0 aliphatic carbocycles. The molecule has 12 nitrogen and oxygen atoms in total. The van der Waals surface area contributed by atoms with Gasteiger partial charge >= 0.3 is 5.97 Å². The van der Waals surface area contributed by atoms with E-state index in [1.165, 1.54) is 0 Å². The van der Waals surface area contributed by atoms with Crippen molar-refractivity contribution in [1.29, 1.82) is 0 Å². The predicted octanol–water partition coefficient (Wildman–Crippen LogP) is -4.50. The van der Waals surface area contributed by atoms with Crippen LogP contribution in [-0.4, -0.2) is 64.5 Å². The predicted molar refractivity (Wildman–Crippen MR) is 78.8 cm³/mol. The van der Waals surface area contributed by atoms with Crippen LogP contribution in [0.4, 0.5) is 0 Å². The third-order valence-electron chi connectivity index (χ3n) is 2.87. The SMILES string of the molecule is NC(=O)CC[C@H](NC(=O)[C@@H](N)CO)C(=O)N[C@@H](CC(N)=O)C(=O)O. The van der Waals surface area contributed by atoms with Crippen molar-refractivity contribution >= 4 is 29.6 Å². The number of aliphatic carboxylic acids is 1. The summed E-state index contributed by atoms with van der Waals surface area (Å²) in [6.07, 6.45) is -1.16. The number of aliphatic hydroxyl groups is 1. The van der Waals surface area contributed by atoms with E-state index in [0.29, 0.717) is 0 Å². The second-order valence-electron chi connectivity index (χ2n) is 4.93. The summed E-state index contributed by atoms with van der Waals surface area (Å²) < 4.78 is 0. The zero-order valence-corrected chi connectivity index (χ0v) is 12.7. The fourth-order valence-electron chi connectivity index (χ4n) is 1.59. The molecule has 0 spiro atoms. The quantitative estimate of drug-likeness (QED) is 0.192. The Bertz CT molecular complexity index is 510. The molecule has 0 aliphatic heterocycles. The first-order valence-corrected chi connectivity index (χ1v) is 6.85. The molecule has 0 rings (SSSR count). The Balaban J connectivity index is 5.05. The summed E-state index contributed by atoms with van der Waals surface area (Å²) in [6.45, 7) is -0.685. The van der Waals surface area contributed by atoms with Crippen molar-refractivity contribution in [1.82, 2.24) is 10.6 Å². The number of hydrogen-bond acceptors (Lipinski definition) is 7. The smallest absolute Gasteiger partial charge is 0.326 e. The van der Waals surface area contributed by atoms with Gasteiger partial charge in [-0.1, -0.05) is 0 Å². The zero-order valence-electron chi connectivity index (χ0n) is 12.7. The lowest BCUT2D eigenvalue weighted by Gasteiger charge is -2.21. The fourth-order valence-corrected chi connectivity index (χ4v) is 1.59. The van der Waals surface area contributed by atoms with Crippen LogP contribution in [0.3, 0.4) is 0 Å². The lowest BCUT2D eigenvalue weighted by Crippen LogP contribution is -2.55. The Hall–Kier alpha value is -2.73. The number of hydrogen-bond donors (Lipinski definition) is 7. The second kappa shape index (κ2) is 10.1. The van der Waals surface area contributed by atoms with E-state index in [4.69, 9.17) is 27.4 Å². The van der Waals surface area contributed by atoms with E-state index in [9.17, 15) is 24.0 Å². The van der Waals surface area contributed by atoms with Crippen molar-refractivity contribution in [3.63, 3.8) is 0 Å². The molecule has 0 saturated heterocycles. The van der Waals surface area contributed by atoms with Crippen LogP contribution in [0.15, 0.2) is 0 Å². The first kappa shape index (κ1) is 21.3. The van der Waals surface area contributed by atoms with Crippen LogP contribution in [-0.2, 0) is 24.0 Å². The van der Waals surface area contributed by atoms with Crippen LogP contribution in [0.2, 0.25) is 0 Å². The molecule has 4 amide bonds. The first-order chi connectivity index (χ1) is 11.1. The highest BCUT2D eigenvalue weighted by Crippen LogP contribution is 2.01. The summed E-state index contributed by atoms with van der Waals surface area (Å²) in [5.74, 6) is -5.07. The van der Waals surface area contributed by atoms with Gasteiger partial charge in [-0.25, -0.2) is 4.79 Å². The molecule has 136 valence electrons. The van der Waals surface area contributed by atoms with Crippen LogP contribution < -0.4 is 27.8 Å². The molecule has 0 bridgehead atoms. The summed E-state index contributed by atoms with van der Waals surface area (Å²) >= 11 is 0. The van der Waals surface area contributed by atoms with Gasteiger partial charge in [-0.2, -0.15) is 0 Å². The van der Waals surface area contributed by atoms with E-state index in [-0.39, 0.29) is 12.8 Å². The molecule has 0 aromatic carbocycles. The maximum atomic E-state index is 12.1. The number of amides is 4. The van der Waals surface area contributed by atoms with Crippen molar-refractivity contribution in [3.8, 4) is 0 Å².